The maximum Gasteiger partial charge on any atom is 0.306 e. The molecule has 21 heavy (non-hydrogen) atoms. The maximum atomic E-state index is 11.3. The Balaban J connectivity index is 2.82. The van der Waals surface area contributed by atoms with Gasteiger partial charge in [-0.15, -0.1) is 0 Å². The van der Waals surface area contributed by atoms with E-state index in [1.54, 1.807) is 0 Å². The molecule has 0 aromatic heterocycles. The van der Waals surface area contributed by atoms with Crippen LogP contribution in [0.25, 0.3) is 0 Å². The smallest absolute Gasteiger partial charge is 0.306 e. The van der Waals surface area contributed by atoms with Crippen LogP contribution in [0.1, 0.15) is 59.3 Å². The topological polar surface area (TPSA) is 99.2 Å². The fraction of sp³-hybridized carbons (Fsp3) is 0.875. The lowest BCUT2D eigenvalue weighted by atomic mass is 9.76. The Morgan fingerprint density at radius 3 is 2.33 bits per heavy atom. The molecule has 0 radical (unpaired) electrons. The first-order valence-electron chi connectivity index (χ1n) is 8.23. The van der Waals surface area contributed by atoms with E-state index in [1.807, 2.05) is 0 Å². The first-order valence-corrected chi connectivity index (χ1v) is 8.23. The molecule has 0 aromatic carbocycles. The highest BCUT2D eigenvalue weighted by atomic mass is 16.4. The molecule has 0 aliphatic heterocycles. The van der Waals surface area contributed by atoms with Crippen molar-refractivity contribution in [3.8, 4) is 0 Å². The van der Waals surface area contributed by atoms with Gasteiger partial charge in [0.15, 0.2) is 5.96 Å². The van der Waals surface area contributed by atoms with Gasteiger partial charge in [0, 0.05) is 6.04 Å². The summed E-state index contributed by atoms with van der Waals surface area (Å²) in [7, 11) is 0. The average Bonchev–Trinajstić information content (AvgIpc) is 2.81. The molecule has 5 N–H and O–H groups in total. The van der Waals surface area contributed by atoms with E-state index in [2.05, 4.69) is 26.1 Å². The van der Waals surface area contributed by atoms with E-state index in [9.17, 15) is 9.90 Å². The Morgan fingerprint density at radius 1 is 1.33 bits per heavy atom. The predicted octanol–water partition coefficient (Wildman–Crippen LogP) is 2.80. The molecule has 1 aliphatic carbocycles. The van der Waals surface area contributed by atoms with Crippen molar-refractivity contribution in [3.05, 3.63) is 0 Å². The van der Waals surface area contributed by atoms with E-state index in [0.717, 1.165) is 12.8 Å². The van der Waals surface area contributed by atoms with Crippen LogP contribution in [0.5, 0.6) is 0 Å². The summed E-state index contributed by atoms with van der Waals surface area (Å²) in [6, 6.07) is 0.0230. The molecular weight excluding hydrogens is 266 g/mol. The van der Waals surface area contributed by atoms with Crippen molar-refractivity contribution in [3.63, 3.8) is 0 Å². The summed E-state index contributed by atoms with van der Waals surface area (Å²) < 4.78 is 0. The van der Waals surface area contributed by atoms with Gasteiger partial charge in [-0.2, -0.15) is 0 Å². The summed E-state index contributed by atoms with van der Waals surface area (Å²) in [4.78, 5) is 11.3. The zero-order chi connectivity index (χ0) is 16.0. The first-order chi connectivity index (χ1) is 9.90. The molecular formula is C16H31N3O2. The number of nitrogens with one attached hydrogen (secondary N) is 2. The van der Waals surface area contributed by atoms with Gasteiger partial charge in [0.1, 0.15) is 0 Å². The monoisotopic (exact) mass is 297 g/mol. The largest absolute Gasteiger partial charge is 0.481 e. The predicted molar refractivity (Wildman–Crippen MR) is 85.2 cm³/mol. The van der Waals surface area contributed by atoms with Gasteiger partial charge < -0.3 is 16.2 Å². The van der Waals surface area contributed by atoms with E-state index < -0.39 is 5.97 Å². The van der Waals surface area contributed by atoms with Gasteiger partial charge in [0.2, 0.25) is 0 Å². The van der Waals surface area contributed by atoms with Crippen LogP contribution in [0.2, 0.25) is 0 Å². The van der Waals surface area contributed by atoms with Crippen LogP contribution < -0.4 is 11.1 Å². The lowest BCUT2D eigenvalue weighted by molar-refractivity contribution is -0.141. The Kier molecular flexibility index (Phi) is 6.99. The zero-order valence-electron chi connectivity index (χ0n) is 13.6. The van der Waals surface area contributed by atoms with Crippen molar-refractivity contribution in [2.24, 2.45) is 29.4 Å². The molecule has 0 spiro atoms. The van der Waals surface area contributed by atoms with Gasteiger partial charge in [-0.3, -0.25) is 10.2 Å². The normalized spacial score (nSPS) is 26.8. The molecule has 4 unspecified atom stereocenters. The molecule has 1 aliphatic rings. The van der Waals surface area contributed by atoms with E-state index in [1.165, 1.54) is 12.8 Å². The quantitative estimate of drug-likeness (QED) is 0.409. The van der Waals surface area contributed by atoms with Crippen LogP contribution in [0.4, 0.5) is 0 Å². The fourth-order valence-corrected chi connectivity index (χ4v) is 3.98. The lowest BCUT2D eigenvalue weighted by Crippen LogP contribution is -2.43. The standard InChI is InChI=1S/C16H31N3O2/c1-4-6-11(7-5-2)10(3)13-8-12(15(20)21)9-14(13)19-16(17)18/h10-14H,4-9H2,1-3H3,(H,20,21)(H4,17,18,19). The third-order valence-electron chi connectivity index (χ3n) is 5.04. The molecule has 1 fully saturated rings. The van der Waals surface area contributed by atoms with Crippen LogP contribution in [0.15, 0.2) is 0 Å². The number of carbonyl (C=O) groups is 1. The lowest BCUT2D eigenvalue weighted by Gasteiger charge is -2.32. The van der Waals surface area contributed by atoms with E-state index in [-0.39, 0.29) is 23.8 Å². The average molecular weight is 297 g/mol. The van der Waals surface area contributed by atoms with Crippen LogP contribution in [-0.2, 0) is 4.79 Å². The fourth-order valence-electron chi connectivity index (χ4n) is 3.98. The molecule has 0 amide bonds. The highest BCUT2D eigenvalue weighted by molar-refractivity contribution is 5.75. The molecule has 0 saturated heterocycles. The molecule has 0 bridgehead atoms. The van der Waals surface area contributed by atoms with Crippen molar-refractivity contribution >= 4 is 11.9 Å². The van der Waals surface area contributed by atoms with Gasteiger partial charge in [0.05, 0.1) is 5.92 Å². The van der Waals surface area contributed by atoms with Gasteiger partial charge in [0.25, 0.3) is 0 Å². The molecule has 0 heterocycles. The second kappa shape index (κ2) is 8.25. The number of hydrogen-bond donors (Lipinski definition) is 4. The Hall–Kier alpha value is -1.26. The highest BCUT2D eigenvalue weighted by Gasteiger charge is 2.42. The third-order valence-corrected chi connectivity index (χ3v) is 5.04. The van der Waals surface area contributed by atoms with Crippen molar-refractivity contribution < 1.29 is 9.90 Å². The summed E-state index contributed by atoms with van der Waals surface area (Å²) in [5.74, 6) is 0.310. The molecule has 5 heteroatoms. The second-order valence-electron chi connectivity index (χ2n) is 6.53. The number of carboxylic acids is 1. The van der Waals surface area contributed by atoms with E-state index in [4.69, 9.17) is 11.1 Å². The number of guanidine groups is 1. The minimum absolute atomic E-state index is 0.0230. The summed E-state index contributed by atoms with van der Waals surface area (Å²) in [6.07, 6.45) is 5.98. The molecule has 4 atom stereocenters. The molecule has 0 aromatic rings. The van der Waals surface area contributed by atoms with Gasteiger partial charge in [-0.25, -0.2) is 0 Å². The Morgan fingerprint density at radius 2 is 1.90 bits per heavy atom. The minimum atomic E-state index is -0.720. The molecule has 122 valence electrons. The number of hydrogen-bond acceptors (Lipinski definition) is 2. The van der Waals surface area contributed by atoms with Crippen molar-refractivity contribution in [2.75, 3.05) is 0 Å². The van der Waals surface area contributed by atoms with Crippen LogP contribution >= 0.6 is 0 Å². The van der Waals surface area contributed by atoms with Gasteiger partial charge in [-0.05, 0) is 30.6 Å². The Bertz CT molecular complexity index is 353. The SMILES string of the molecule is CCCC(CCC)C(C)C1CC(C(=O)O)CC1NC(=N)N. The van der Waals surface area contributed by atoms with Crippen molar-refractivity contribution in [1.82, 2.24) is 5.32 Å². The van der Waals surface area contributed by atoms with E-state index in [0.29, 0.717) is 24.7 Å². The number of nitrogens with two attached hydrogens (primary N) is 1. The summed E-state index contributed by atoms with van der Waals surface area (Å²) in [5, 5.41) is 19.7. The molecule has 1 rings (SSSR count). The maximum absolute atomic E-state index is 11.3. The molecule has 5 nitrogen and oxygen atoms in total. The first kappa shape index (κ1) is 17.8. The van der Waals surface area contributed by atoms with Crippen LogP contribution in [0, 0.1) is 29.1 Å². The molecule has 1 saturated carbocycles. The summed E-state index contributed by atoms with van der Waals surface area (Å²) >= 11 is 0. The van der Waals surface area contributed by atoms with Crippen LogP contribution in [-0.4, -0.2) is 23.1 Å². The second-order valence-corrected chi connectivity index (χ2v) is 6.53. The van der Waals surface area contributed by atoms with E-state index >= 15 is 0 Å². The summed E-state index contributed by atoms with van der Waals surface area (Å²) in [6.45, 7) is 6.66. The summed E-state index contributed by atoms with van der Waals surface area (Å²) in [5.41, 5.74) is 5.47. The minimum Gasteiger partial charge on any atom is -0.481 e. The Labute approximate surface area is 128 Å². The van der Waals surface area contributed by atoms with Crippen molar-refractivity contribution in [2.45, 2.75) is 65.3 Å². The highest BCUT2D eigenvalue weighted by Crippen LogP contribution is 2.41. The number of carboxylic acid groups (broad SMARTS) is 1. The number of aliphatic carboxylic acids is 1. The van der Waals surface area contributed by atoms with Crippen LogP contribution in [0.3, 0.4) is 0 Å². The van der Waals surface area contributed by atoms with Gasteiger partial charge in [-0.1, -0.05) is 46.5 Å². The number of rotatable bonds is 8. The van der Waals surface area contributed by atoms with Gasteiger partial charge >= 0.3 is 5.97 Å². The zero-order valence-corrected chi connectivity index (χ0v) is 13.6. The third kappa shape index (κ3) is 4.90. The van der Waals surface area contributed by atoms with Crippen molar-refractivity contribution in [1.29, 1.82) is 5.41 Å².